The highest BCUT2D eigenvalue weighted by atomic mass is 16.5. The SMILES string of the molecule is CCOC(=O)CCCCCCCCCCNc1ccc(C(=O)NCC(O)CO)cc1. The van der Waals surface area contributed by atoms with Gasteiger partial charge in [-0.15, -0.1) is 0 Å². The van der Waals surface area contributed by atoms with Gasteiger partial charge in [0.1, 0.15) is 0 Å². The van der Waals surface area contributed by atoms with Gasteiger partial charge < -0.3 is 25.6 Å². The number of aliphatic hydroxyl groups is 2. The lowest BCUT2D eigenvalue weighted by Crippen LogP contribution is -2.33. The molecule has 7 nitrogen and oxygen atoms in total. The van der Waals surface area contributed by atoms with Gasteiger partial charge in [0.2, 0.25) is 0 Å². The maximum atomic E-state index is 11.9. The van der Waals surface area contributed by atoms with Crippen molar-refractivity contribution in [2.45, 2.75) is 70.8 Å². The summed E-state index contributed by atoms with van der Waals surface area (Å²) < 4.78 is 4.92. The van der Waals surface area contributed by atoms with E-state index in [4.69, 9.17) is 9.84 Å². The third-order valence-corrected chi connectivity index (χ3v) is 4.80. The van der Waals surface area contributed by atoms with Crippen LogP contribution < -0.4 is 10.6 Å². The number of nitrogens with one attached hydrogen (secondary N) is 2. The van der Waals surface area contributed by atoms with Crippen LogP contribution in [0.15, 0.2) is 24.3 Å². The van der Waals surface area contributed by atoms with Gasteiger partial charge in [-0.25, -0.2) is 0 Å². The molecule has 0 spiro atoms. The fraction of sp³-hybridized carbons (Fsp3) is 0.652. The van der Waals surface area contributed by atoms with Crippen LogP contribution in [0, 0.1) is 0 Å². The van der Waals surface area contributed by atoms with Crippen LogP contribution in [-0.4, -0.2) is 54.5 Å². The number of hydrogen-bond donors (Lipinski definition) is 4. The normalized spacial score (nSPS) is 11.7. The highest BCUT2D eigenvalue weighted by Crippen LogP contribution is 2.12. The van der Waals surface area contributed by atoms with Gasteiger partial charge in [0, 0.05) is 30.8 Å². The number of anilines is 1. The summed E-state index contributed by atoms with van der Waals surface area (Å²) in [5.74, 6) is -0.351. The fourth-order valence-electron chi connectivity index (χ4n) is 3.04. The summed E-state index contributed by atoms with van der Waals surface area (Å²) in [6, 6.07) is 7.22. The number of rotatable bonds is 17. The number of esters is 1. The second kappa shape index (κ2) is 16.7. The number of carbonyl (C=O) groups excluding carboxylic acids is 2. The van der Waals surface area contributed by atoms with Crippen LogP contribution in [0.1, 0.15) is 75.1 Å². The van der Waals surface area contributed by atoms with E-state index in [0.29, 0.717) is 18.6 Å². The summed E-state index contributed by atoms with van der Waals surface area (Å²) in [5, 5.41) is 24.0. The first-order valence-electron chi connectivity index (χ1n) is 11.1. The Balaban J connectivity index is 2.01. The first-order valence-corrected chi connectivity index (χ1v) is 11.1. The maximum Gasteiger partial charge on any atom is 0.305 e. The largest absolute Gasteiger partial charge is 0.466 e. The minimum absolute atomic E-state index is 0.0307. The molecule has 0 aromatic heterocycles. The Morgan fingerprint density at radius 1 is 0.967 bits per heavy atom. The van der Waals surface area contributed by atoms with Crippen molar-refractivity contribution in [1.29, 1.82) is 0 Å². The number of ether oxygens (including phenoxy) is 1. The van der Waals surface area contributed by atoms with Crippen molar-refractivity contribution in [3.05, 3.63) is 29.8 Å². The van der Waals surface area contributed by atoms with Crippen molar-refractivity contribution in [1.82, 2.24) is 5.32 Å². The fourth-order valence-corrected chi connectivity index (χ4v) is 3.04. The van der Waals surface area contributed by atoms with Crippen LogP contribution in [0.5, 0.6) is 0 Å². The zero-order chi connectivity index (χ0) is 22.0. The molecular weight excluding hydrogens is 384 g/mol. The van der Waals surface area contributed by atoms with E-state index >= 15 is 0 Å². The molecule has 1 aromatic rings. The summed E-state index contributed by atoms with van der Waals surface area (Å²) in [6.45, 7) is 2.85. The van der Waals surface area contributed by atoms with Crippen LogP contribution in [0.25, 0.3) is 0 Å². The lowest BCUT2D eigenvalue weighted by atomic mass is 10.1. The van der Waals surface area contributed by atoms with E-state index in [1.807, 2.05) is 19.1 Å². The number of amides is 1. The molecule has 0 bridgehead atoms. The van der Waals surface area contributed by atoms with Gasteiger partial charge >= 0.3 is 5.97 Å². The number of unbranched alkanes of at least 4 members (excludes halogenated alkanes) is 7. The van der Waals surface area contributed by atoms with E-state index in [2.05, 4.69) is 10.6 Å². The van der Waals surface area contributed by atoms with Crippen molar-refractivity contribution in [3.8, 4) is 0 Å². The Bertz CT molecular complexity index is 592. The van der Waals surface area contributed by atoms with Gasteiger partial charge in [-0.1, -0.05) is 38.5 Å². The van der Waals surface area contributed by atoms with Gasteiger partial charge in [-0.2, -0.15) is 0 Å². The molecule has 0 saturated heterocycles. The van der Waals surface area contributed by atoms with E-state index in [0.717, 1.165) is 31.5 Å². The van der Waals surface area contributed by atoms with E-state index in [1.54, 1.807) is 12.1 Å². The smallest absolute Gasteiger partial charge is 0.305 e. The summed E-state index contributed by atoms with van der Waals surface area (Å²) in [7, 11) is 0. The first-order chi connectivity index (χ1) is 14.6. The molecule has 1 atom stereocenters. The lowest BCUT2D eigenvalue weighted by molar-refractivity contribution is -0.143. The number of benzene rings is 1. The average molecular weight is 423 g/mol. The molecule has 4 N–H and O–H groups in total. The Morgan fingerprint density at radius 2 is 1.57 bits per heavy atom. The van der Waals surface area contributed by atoms with Crippen LogP contribution in [-0.2, 0) is 9.53 Å². The van der Waals surface area contributed by atoms with E-state index in [1.165, 1.54) is 32.1 Å². The average Bonchev–Trinajstić information content (AvgIpc) is 2.76. The first kappa shape index (κ1) is 25.9. The molecular formula is C23H38N2O5. The molecule has 30 heavy (non-hydrogen) atoms. The summed E-state index contributed by atoms with van der Waals surface area (Å²) >= 11 is 0. The Morgan fingerprint density at radius 3 is 2.17 bits per heavy atom. The predicted octanol–water partition coefficient (Wildman–Crippen LogP) is 3.26. The van der Waals surface area contributed by atoms with Gasteiger partial charge in [-0.3, -0.25) is 9.59 Å². The van der Waals surface area contributed by atoms with Crippen molar-refractivity contribution in [2.75, 3.05) is 31.6 Å². The van der Waals surface area contributed by atoms with Crippen molar-refractivity contribution < 1.29 is 24.5 Å². The minimum atomic E-state index is -0.939. The molecule has 0 fully saturated rings. The molecule has 7 heteroatoms. The molecule has 0 saturated carbocycles. The molecule has 170 valence electrons. The molecule has 0 aliphatic rings. The summed E-state index contributed by atoms with van der Waals surface area (Å²) in [4.78, 5) is 23.2. The van der Waals surface area contributed by atoms with Crippen molar-refractivity contribution in [3.63, 3.8) is 0 Å². The molecule has 0 aliphatic carbocycles. The minimum Gasteiger partial charge on any atom is -0.466 e. The quantitative estimate of drug-likeness (QED) is 0.227. The molecule has 1 amide bonds. The summed E-state index contributed by atoms with van der Waals surface area (Å²) in [6.07, 6.45) is 8.75. The van der Waals surface area contributed by atoms with Crippen LogP contribution >= 0.6 is 0 Å². The molecule has 0 radical (unpaired) electrons. The monoisotopic (exact) mass is 422 g/mol. The van der Waals surface area contributed by atoms with Crippen LogP contribution in [0.3, 0.4) is 0 Å². The highest BCUT2D eigenvalue weighted by Gasteiger charge is 2.08. The van der Waals surface area contributed by atoms with Crippen molar-refractivity contribution >= 4 is 17.6 Å². The zero-order valence-electron chi connectivity index (χ0n) is 18.2. The number of hydrogen-bond acceptors (Lipinski definition) is 6. The van der Waals surface area contributed by atoms with E-state index in [-0.39, 0.29) is 25.0 Å². The van der Waals surface area contributed by atoms with E-state index < -0.39 is 6.10 Å². The third-order valence-electron chi connectivity index (χ3n) is 4.80. The predicted molar refractivity (Wildman–Crippen MR) is 119 cm³/mol. The molecule has 0 aliphatic heterocycles. The van der Waals surface area contributed by atoms with Crippen LogP contribution in [0.2, 0.25) is 0 Å². The number of carbonyl (C=O) groups is 2. The standard InChI is InChI=1S/C23H38N2O5/c1-2-30-22(28)11-9-7-5-3-4-6-8-10-16-24-20-14-12-19(13-15-20)23(29)25-17-21(27)18-26/h12-15,21,24,26-27H,2-11,16-18H2,1H3,(H,25,29). The molecule has 1 aromatic carbocycles. The second-order valence-corrected chi connectivity index (χ2v) is 7.43. The Kier molecular flexibility index (Phi) is 14.4. The van der Waals surface area contributed by atoms with Gasteiger partial charge in [-0.05, 0) is 44.0 Å². The highest BCUT2D eigenvalue weighted by molar-refractivity contribution is 5.94. The second-order valence-electron chi connectivity index (χ2n) is 7.43. The van der Waals surface area contributed by atoms with Crippen molar-refractivity contribution in [2.24, 2.45) is 0 Å². The van der Waals surface area contributed by atoms with E-state index in [9.17, 15) is 14.7 Å². The maximum absolute atomic E-state index is 11.9. The molecule has 1 rings (SSSR count). The Hall–Kier alpha value is -2.12. The topological polar surface area (TPSA) is 108 Å². The van der Waals surface area contributed by atoms with Gasteiger partial charge in [0.25, 0.3) is 5.91 Å². The number of aliphatic hydroxyl groups excluding tert-OH is 2. The van der Waals surface area contributed by atoms with Crippen LogP contribution in [0.4, 0.5) is 5.69 Å². The van der Waals surface area contributed by atoms with Gasteiger partial charge in [0.15, 0.2) is 0 Å². The molecule has 0 heterocycles. The lowest BCUT2D eigenvalue weighted by Gasteiger charge is -2.10. The summed E-state index contributed by atoms with van der Waals surface area (Å²) in [5.41, 5.74) is 1.50. The zero-order valence-corrected chi connectivity index (χ0v) is 18.2. The Labute approximate surface area is 180 Å². The molecule has 1 unspecified atom stereocenters. The van der Waals surface area contributed by atoms with Gasteiger partial charge in [0.05, 0.1) is 19.3 Å². The third kappa shape index (κ3) is 12.4.